The number of likely N-dealkylation sites (N-methyl/N-ethyl adjacent to an activating group) is 1. The number of nitrogens with zero attached hydrogens (tertiary/aromatic N) is 2. The lowest BCUT2D eigenvalue weighted by Crippen LogP contribution is -2.41. The molecule has 1 aromatic heterocycles. The fourth-order valence-corrected chi connectivity index (χ4v) is 3.79. The minimum Gasteiger partial charge on any atom is -0.383 e. The third-order valence-electron chi connectivity index (χ3n) is 2.52. The molecule has 0 N–H and O–H groups in total. The summed E-state index contributed by atoms with van der Waals surface area (Å²) in [5, 5.41) is -0.0134. The fourth-order valence-electron chi connectivity index (χ4n) is 1.73. The van der Waals surface area contributed by atoms with E-state index < -0.39 is 10.0 Å². The molecule has 1 unspecified atom stereocenters. The monoisotopic (exact) mass is 292 g/mol. The summed E-state index contributed by atoms with van der Waals surface area (Å²) in [5.41, 5.74) is 0. The molecule has 1 aromatic rings. The number of halogens is 1. The van der Waals surface area contributed by atoms with Crippen molar-refractivity contribution in [3.05, 3.63) is 23.5 Å². The topological polar surface area (TPSA) is 59.5 Å². The standard InChI is InChI=1S/C11H17ClN2O3S/c1-4-14(9(2)8-17-3)18(15,16)10-6-5-7-13-11(10)12/h5-7,9H,4,8H2,1-3H3. The number of hydrogen-bond acceptors (Lipinski definition) is 4. The largest absolute Gasteiger partial charge is 0.383 e. The number of aromatic nitrogens is 1. The van der Waals surface area contributed by atoms with Crippen LogP contribution in [0.5, 0.6) is 0 Å². The second-order valence-corrected chi connectivity index (χ2v) is 6.02. The lowest BCUT2D eigenvalue weighted by molar-refractivity contribution is 0.142. The van der Waals surface area contributed by atoms with Crippen LogP contribution in [-0.2, 0) is 14.8 Å². The third-order valence-corrected chi connectivity index (χ3v) is 5.06. The van der Waals surface area contributed by atoms with E-state index in [-0.39, 0.29) is 16.1 Å². The van der Waals surface area contributed by atoms with E-state index in [1.54, 1.807) is 19.9 Å². The highest BCUT2D eigenvalue weighted by molar-refractivity contribution is 7.89. The Bertz CT molecular complexity index is 493. The molecule has 0 aliphatic carbocycles. The van der Waals surface area contributed by atoms with Gasteiger partial charge in [-0.25, -0.2) is 13.4 Å². The Morgan fingerprint density at radius 3 is 2.72 bits per heavy atom. The van der Waals surface area contributed by atoms with Gasteiger partial charge in [-0.1, -0.05) is 18.5 Å². The fraction of sp³-hybridized carbons (Fsp3) is 0.545. The van der Waals surface area contributed by atoms with Gasteiger partial charge < -0.3 is 4.74 Å². The summed E-state index contributed by atoms with van der Waals surface area (Å²) in [4.78, 5) is 3.82. The molecule has 0 saturated heterocycles. The van der Waals surface area contributed by atoms with Gasteiger partial charge in [-0.2, -0.15) is 4.31 Å². The van der Waals surface area contributed by atoms with Gasteiger partial charge in [0.15, 0.2) is 0 Å². The van der Waals surface area contributed by atoms with E-state index in [1.807, 2.05) is 0 Å². The number of pyridine rings is 1. The van der Waals surface area contributed by atoms with Gasteiger partial charge in [0.05, 0.1) is 6.61 Å². The minimum absolute atomic E-state index is 0.0134. The van der Waals surface area contributed by atoms with Crippen LogP contribution in [0, 0.1) is 0 Å². The maximum atomic E-state index is 12.4. The van der Waals surface area contributed by atoms with Gasteiger partial charge in [0, 0.05) is 25.9 Å². The first-order valence-electron chi connectivity index (χ1n) is 5.56. The molecule has 0 spiro atoms. The summed E-state index contributed by atoms with van der Waals surface area (Å²) in [7, 11) is -2.11. The normalized spacial score (nSPS) is 13.8. The van der Waals surface area contributed by atoms with Gasteiger partial charge in [-0.3, -0.25) is 0 Å². The molecule has 0 aliphatic heterocycles. The van der Waals surface area contributed by atoms with Crippen molar-refractivity contribution in [2.75, 3.05) is 20.3 Å². The van der Waals surface area contributed by atoms with Gasteiger partial charge >= 0.3 is 0 Å². The second kappa shape index (κ2) is 6.47. The van der Waals surface area contributed by atoms with E-state index in [2.05, 4.69) is 4.98 Å². The van der Waals surface area contributed by atoms with Crippen LogP contribution in [0.1, 0.15) is 13.8 Å². The van der Waals surface area contributed by atoms with Crippen LogP contribution in [0.2, 0.25) is 5.15 Å². The van der Waals surface area contributed by atoms with E-state index >= 15 is 0 Å². The summed E-state index contributed by atoms with van der Waals surface area (Å²) in [6.07, 6.45) is 1.45. The van der Waals surface area contributed by atoms with E-state index in [0.717, 1.165) is 0 Å². The minimum atomic E-state index is -3.64. The summed E-state index contributed by atoms with van der Waals surface area (Å²) in [6.45, 7) is 4.23. The first-order valence-corrected chi connectivity index (χ1v) is 7.38. The molecule has 0 amide bonds. The SMILES string of the molecule is CCN(C(C)COC)S(=O)(=O)c1cccnc1Cl. The van der Waals surface area contributed by atoms with Crippen molar-refractivity contribution in [2.45, 2.75) is 24.8 Å². The molecule has 1 rings (SSSR count). The Labute approximate surface area is 113 Å². The Morgan fingerprint density at radius 2 is 2.22 bits per heavy atom. The van der Waals surface area contributed by atoms with Crippen molar-refractivity contribution in [1.29, 1.82) is 0 Å². The van der Waals surface area contributed by atoms with Crippen molar-refractivity contribution < 1.29 is 13.2 Å². The molecule has 18 heavy (non-hydrogen) atoms. The highest BCUT2D eigenvalue weighted by Crippen LogP contribution is 2.23. The number of sulfonamides is 1. The Hall–Kier alpha value is -0.690. The molecule has 0 fully saturated rings. The molecule has 0 aromatic carbocycles. The van der Waals surface area contributed by atoms with E-state index in [4.69, 9.17) is 16.3 Å². The molecular weight excluding hydrogens is 276 g/mol. The predicted octanol–water partition coefficient (Wildman–Crippen LogP) is 1.78. The molecule has 0 aliphatic rings. The highest BCUT2D eigenvalue weighted by atomic mass is 35.5. The lowest BCUT2D eigenvalue weighted by atomic mass is 10.4. The molecule has 1 atom stereocenters. The average molecular weight is 293 g/mol. The quantitative estimate of drug-likeness (QED) is 0.750. The van der Waals surface area contributed by atoms with E-state index in [9.17, 15) is 8.42 Å². The summed E-state index contributed by atoms with van der Waals surface area (Å²) in [5.74, 6) is 0. The average Bonchev–Trinajstić information content (AvgIpc) is 2.30. The zero-order valence-corrected chi connectivity index (χ0v) is 12.2. The van der Waals surface area contributed by atoms with Gasteiger partial charge in [0.2, 0.25) is 10.0 Å². The van der Waals surface area contributed by atoms with Crippen molar-refractivity contribution in [2.24, 2.45) is 0 Å². The Balaban J connectivity index is 3.15. The third kappa shape index (κ3) is 3.20. The van der Waals surface area contributed by atoms with Crippen LogP contribution in [0.3, 0.4) is 0 Å². The predicted molar refractivity (Wildman–Crippen MR) is 70.2 cm³/mol. The van der Waals surface area contributed by atoms with Crippen molar-refractivity contribution >= 4 is 21.6 Å². The second-order valence-electron chi connectivity index (χ2n) is 3.81. The van der Waals surface area contributed by atoms with Crippen LogP contribution >= 0.6 is 11.6 Å². The first-order chi connectivity index (χ1) is 8.45. The van der Waals surface area contributed by atoms with Gasteiger partial charge in [-0.05, 0) is 19.1 Å². The van der Waals surface area contributed by atoms with Crippen LogP contribution in [0.15, 0.2) is 23.2 Å². The molecule has 0 saturated carbocycles. The van der Waals surface area contributed by atoms with E-state index in [0.29, 0.717) is 13.2 Å². The summed E-state index contributed by atoms with van der Waals surface area (Å²) >= 11 is 5.84. The van der Waals surface area contributed by atoms with Gasteiger partial charge in [0.1, 0.15) is 10.0 Å². The van der Waals surface area contributed by atoms with Crippen molar-refractivity contribution in [3.8, 4) is 0 Å². The zero-order valence-electron chi connectivity index (χ0n) is 10.6. The van der Waals surface area contributed by atoms with Crippen molar-refractivity contribution in [3.63, 3.8) is 0 Å². The van der Waals surface area contributed by atoms with E-state index in [1.165, 1.54) is 23.7 Å². The van der Waals surface area contributed by atoms with Crippen molar-refractivity contribution in [1.82, 2.24) is 9.29 Å². The highest BCUT2D eigenvalue weighted by Gasteiger charge is 2.29. The maximum absolute atomic E-state index is 12.4. The smallest absolute Gasteiger partial charge is 0.246 e. The van der Waals surface area contributed by atoms with Crippen LogP contribution < -0.4 is 0 Å². The van der Waals surface area contributed by atoms with Crippen LogP contribution in [-0.4, -0.2) is 44.0 Å². The van der Waals surface area contributed by atoms with Crippen LogP contribution in [0.4, 0.5) is 0 Å². The Morgan fingerprint density at radius 1 is 1.56 bits per heavy atom. The zero-order chi connectivity index (χ0) is 13.8. The molecule has 1 heterocycles. The Kier molecular flexibility index (Phi) is 5.52. The van der Waals surface area contributed by atoms with Crippen LogP contribution in [0.25, 0.3) is 0 Å². The molecule has 0 bridgehead atoms. The lowest BCUT2D eigenvalue weighted by Gasteiger charge is -2.26. The van der Waals surface area contributed by atoms with Gasteiger partial charge in [-0.15, -0.1) is 0 Å². The maximum Gasteiger partial charge on any atom is 0.246 e. The molecule has 7 heteroatoms. The molecule has 0 radical (unpaired) electrons. The molecule has 102 valence electrons. The number of methoxy groups -OCH3 is 1. The number of ether oxygens (including phenoxy) is 1. The summed E-state index contributed by atoms with van der Waals surface area (Å²) < 4.78 is 31.2. The van der Waals surface area contributed by atoms with Gasteiger partial charge in [0.25, 0.3) is 0 Å². The first kappa shape index (κ1) is 15.4. The number of hydrogen-bond donors (Lipinski definition) is 0. The number of rotatable bonds is 6. The molecule has 5 nitrogen and oxygen atoms in total. The summed E-state index contributed by atoms with van der Waals surface area (Å²) in [6, 6.07) is 2.74. The molecular formula is C11H17ClN2O3S.